The summed E-state index contributed by atoms with van der Waals surface area (Å²) < 4.78 is 32.5. The normalized spacial score (nSPS) is 18.3. The maximum Gasteiger partial charge on any atom is 0.240 e. The Morgan fingerprint density at radius 2 is 2.10 bits per heavy atom. The van der Waals surface area contributed by atoms with E-state index in [9.17, 15) is 13.5 Å². The minimum absolute atomic E-state index is 0.0340. The van der Waals surface area contributed by atoms with Gasteiger partial charge in [-0.2, -0.15) is 0 Å². The molecular weight excluding hydrogens is 290 g/mol. The van der Waals surface area contributed by atoms with E-state index >= 15 is 0 Å². The second-order valence-corrected chi connectivity index (χ2v) is 7.58. The van der Waals surface area contributed by atoms with Crippen molar-refractivity contribution in [2.45, 2.75) is 44.1 Å². The molecule has 0 saturated heterocycles. The van der Waals surface area contributed by atoms with Gasteiger partial charge in [0.25, 0.3) is 0 Å². The molecule has 1 saturated carbocycles. The molecule has 0 radical (unpaired) electrons. The maximum atomic E-state index is 12.3. The zero-order valence-electron chi connectivity index (χ0n) is 12.7. The van der Waals surface area contributed by atoms with Gasteiger partial charge in [0, 0.05) is 6.54 Å². The zero-order chi connectivity index (χ0) is 15.7. The Labute approximate surface area is 126 Å². The highest BCUT2D eigenvalue weighted by Crippen LogP contribution is 2.39. The summed E-state index contributed by atoms with van der Waals surface area (Å²) in [5.74, 6) is 0.878. The molecule has 1 aromatic carbocycles. The van der Waals surface area contributed by atoms with Gasteiger partial charge in [-0.25, -0.2) is 13.1 Å². The number of sulfonamides is 1. The van der Waals surface area contributed by atoms with Crippen LogP contribution in [0.5, 0.6) is 5.75 Å². The van der Waals surface area contributed by atoms with Gasteiger partial charge in [0.1, 0.15) is 5.75 Å². The Bertz CT molecular complexity index is 606. The molecule has 5 nitrogen and oxygen atoms in total. The topological polar surface area (TPSA) is 75.6 Å². The molecule has 0 aromatic heterocycles. The lowest BCUT2D eigenvalue weighted by atomic mass is 10.0. The van der Waals surface area contributed by atoms with Gasteiger partial charge in [-0.05, 0) is 63.3 Å². The molecule has 1 unspecified atom stereocenters. The summed E-state index contributed by atoms with van der Waals surface area (Å²) in [4.78, 5) is 0.190. The zero-order valence-corrected chi connectivity index (χ0v) is 13.5. The molecule has 6 heteroatoms. The lowest BCUT2D eigenvalue weighted by Gasteiger charge is -2.23. The fraction of sp³-hybridized carbons (Fsp3) is 0.600. The largest absolute Gasteiger partial charge is 0.494 e. The molecule has 1 aliphatic carbocycles. The van der Waals surface area contributed by atoms with Crippen LogP contribution in [-0.2, 0) is 10.0 Å². The van der Waals surface area contributed by atoms with Crippen LogP contribution >= 0.6 is 0 Å². The van der Waals surface area contributed by atoms with Crippen LogP contribution in [0.4, 0.5) is 0 Å². The van der Waals surface area contributed by atoms with Crippen molar-refractivity contribution < 1.29 is 18.3 Å². The predicted octanol–water partition coefficient (Wildman–Crippen LogP) is 1.83. The van der Waals surface area contributed by atoms with Gasteiger partial charge in [0.2, 0.25) is 10.0 Å². The molecule has 0 spiro atoms. The van der Waals surface area contributed by atoms with E-state index in [1.54, 1.807) is 19.1 Å². The van der Waals surface area contributed by atoms with Crippen molar-refractivity contribution in [3.05, 3.63) is 23.8 Å². The number of ether oxygens (including phenoxy) is 1. The van der Waals surface area contributed by atoms with Crippen LogP contribution in [-0.4, -0.2) is 32.3 Å². The lowest BCUT2D eigenvalue weighted by molar-refractivity contribution is 0.0422. The molecule has 0 amide bonds. The summed E-state index contributed by atoms with van der Waals surface area (Å²) in [6.07, 6.45) is 1.91. The second kappa shape index (κ2) is 5.94. The molecule has 118 valence electrons. The first-order valence-corrected chi connectivity index (χ1v) is 8.70. The van der Waals surface area contributed by atoms with Crippen LogP contribution in [0.3, 0.4) is 0 Å². The molecule has 1 atom stereocenters. The Morgan fingerprint density at radius 1 is 1.43 bits per heavy atom. The Hall–Kier alpha value is -1.11. The van der Waals surface area contributed by atoms with Crippen LogP contribution in [0.25, 0.3) is 0 Å². The maximum absolute atomic E-state index is 12.3. The van der Waals surface area contributed by atoms with Crippen LogP contribution in [0.1, 0.15) is 32.3 Å². The Morgan fingerprint density at radius 3 is 2.62 bits per heavy atom. The van der Waals surface area contributed by atoms with Crippen molar-refractivity contribution in [1.82, 2.24) is 4.72 Å². The highest BCUT2D eigenvalue weighted by Gasteiger charge is 2.40. The average Bonchev–Trinajstić information content (AvgIpc) is 3.24. The van der Waals surface area contributed by atoms with Crippen LogP contribution in [0, 0.1) is 12.8 Å². The van der Waals surface area contributed by atoms with E-state index < -0.39 is 15.6 Å². The number of nitrogens with one attached hydrogen (secondary N) is 1. The summed E-state index contributed by atoms with van der Waals surface area (Å²) in [7, 11) is -3.62. The van der Waals surface area contributed by atoms with Crippen LogP contribution in [0.15, 0.2) is 23.1 Å². The molecule has 0 heterocycles. The van der Waals surface area contributed by atoms with Gasteiger partial charge in [-0.15, -0.1) is 0 Å². The van der Waals surface area contributed by atoms with E-state index in [4.69, 9.17) is 4.74 Å². The fourth-order valence-electron chi connectivity index (χ4n) is 2.28. The van der Waals surface area contributed by atoms with Crippen LogP contribution in [0.2, 0.25) is 0 Å². The number of rotatable bonds is 7. The molecule has 2 N–H and O–H groups in total. The third-order valence-electron chi connectivity index (χ3n) is 3.83. The number of aliphatic hydroxyl groups is 1. The van der Waals surface area contributed by atoms with E-state index in [1.807, 2.05) is 13.8 Å². The predicted molar refractivity (Wildman–Crippen MR) is 80.9 cm³/mol. The monoisotopic (exact) mass is 313 g/mol. The third-order valence-corrected chi connectivity index (χ3v) is 5.23. The number of aryl methyl sites for hydroxylation is 1. The average molecular weight is 313 g/mol. The fourth-order valence-corrected chi connectivity index (χ4v) is 3.51. The quantitative estimate of drug-likeness (QED) is 0.805. The van der Waals surface area contributed by atoms with Crippen molar-refractivity contribution in [2.24, 2.45) is 5.92 Å². The summed E-state index contributed by atoms with van der Waals surface area (Å²) in [5, 5.41) is 10.2. The molecule has 0 bridgehead atoms. The molecule has 1 fully saturated rings. The molecule has 1 aromatic rings. The molecule has 0 aliphatic heterocycles. The Kier molecular flexibility index (Phi) is 4.60. The summed E-state index contributed by atoms with van der Waals surface area (Å²) in [6, 6.07) is 4.76. The van der Waals surface area contributed by atoms with Crippen molar-refractivity contribution in [3.8, 4) is 5.75 Å². The van der Waals surface area contributed by atoms with Crippen molar-refractivity contribution in [3.63, 3.8) is 0 Å². The summed E-state index contributed by atoms with van der Waals surface area (Å²) in [5.41, 5.74) is -0.207. The number of hydrogen-bond acceptors (Lipinski definition) is 4. The smallest absolute Gasteiger partial charge is 0.240 e. The first kappa shape index (κ1) is 16.3. The van der Waals surface area contributed by atoms with E-state index in [0.29, 0.717) is 12.4 Å². The Balaban J connectivity index is 2.10. The highest BCUT2D eigenvalue weighted by atomic mass is 32.2. The van der Waals surface area contributed by atoms with Crippen LogP contribution < -0.4 is 9.46 Å². The first-order chi connectivity index (χ1) is 9.76. The number of benzene rings is 1. The molecular formula is C15H23NO4S. The minimum atomic E-state index is -3.62. The van der Waals surface area contributed by atoms with Gasteiger partial charge in [-0.3, -0.25) is 0 Å². The van der Waals surface area contributed by atoms with E-state index in [2.05, 4.69) is 4.72 Å². The van der Waals surface area contributed by atoms with Crippen molar-refractivity contribution >= 4 is 10.0 Å². The second-order valence-electron chi connectivity index (χ2n) is 5.82. The molecule has 1 aliphatic rings. The third kappa shape index (κ3) is 3.96. The van der Waals surface area contributed by atoms with Crippen molar-refractivity contribution in [1.29, 1.82) is 0 Å². The number of hydrogen-bond donors (Lipinski definition) is 2. The standard InChI is InChI=1S/C15H23NO4S/c1-4-20-14-8-7-13(9-11(14)2)21(18,19)16-10-15(3,17)12-5-6-12/h7-9,12,16-17H,4-6,10H2,1-3H3. The molecule has 2 rings (SSSR count). The van der Waals surface area contributed by atoms with Gasteiger partial charge in [0.15, 0.2) is 0 Å². The lowest BCUT2D eigenvalue weighted by Crippen LogP contribution is -2.42. The van der Waals surface area contributed by atoms with Gasteiger partial charge in [-0.1, -0.05) is 0 Å². The highest BCUT2D eigenvalue weighted by molar-refractivity contribution is 7.89. The van der Waals surface area contributed by atoms with Crippen molar-refractivity contribution in [2.75, 3.05) is 13.2 Å². The SMILES string of the molecule is CCOc1ccc(S(=O)(=O)NCC(C)(O)C2CC2)cc1C. The summed E-state index contributed by atoms with van der Waals surface area (Å²) in [6.45, 7) is 5.94. The molecule has 21 heavy (non-hydrogen) atoms. The van der Waals surface area contributed by atoms with E-state index in [1.165, 1.54) is 6.07 Å². The van der Waals surface area contributed by atoms with Gasteiger partial charge < -0.3 is 9.84 Å². The van der Waals surface area contributed by atoms with Gasteiger partial charge >= 0.3 is 0 Å². The van der Waals surface area contributed by atoms with Gasteiger partial charge in [0.05, 0.1) is 17.1 Å². The van der Waals surface area contributed by atoms with E-state index in [0.717, 1.165) is 18.4 Å². The van der Waals surface area contributed by atoms with E-state index in [-0.39, 0.29) is 17.4 Å². The minimum Gasteiger partial charge on any atom is -0.494 e. The summed E-state index contributed by atoms with van der Waals surface area (Å²) >= 11 is 0. The first-order valence-electron chi connectivity index (χ1n) is 7.22.